The van der Waals surface area contributed by atoms with Gasteiger partial charge in [-0.2, -0.15) is 0 Å². The molecule has 0 bridgehead atoms. The first-order valence-electron chi connectivity index (χ1n) is 7.37. The van der Waals surface area contributed by atoms with Crippen molar-refractivity contribution in [2.45, 2.75) is 0 Å². The van der Waals surface area contributed by atoms with Gasteiger partial charge >= 0.3 is 0 Å². The molecule has 0 saturated heterocycles. The van der Waals surface area contributed by atoms with Crippen LogP contribution in [0, 0.1) is 0 Å². The second-order valence-electron chi connectivity index (χ2n) is 4.83. The minimum atomic E-state index is -0.509. The summed E-state index contributed by atoms with van der Waals surface area (Å²) in [5.74, 6) is -0.0527. The second kappa shape index (κ2) is 9.34. The fourth-order valence-electron chi connectivity index (χ4n) is 1.87. The number of carbonyl (C=O) groups excluding carboxylic acids is 2. The van der Waals surface area contributed by atoms with Gasteiger partial charge in [-0.05, 0) is 29.8 Å². The van der Waals surface area contributed by atoms with Gasteiger partial charge in [0.2, 0.25) is 0 Å². The van der Waals surface area contributed by atoms with Gasteiger partial charge in [0.1, 0.15) is 0 Å². The van der Waals surface area contributed by atoms with Crippen molar-refractivity contribution < 1.29 is 19.1 Å². The minimum absolute atomic E-state index is 0.269. The molecule has 0 aliphatic carbocycles. The second-order valence-corrected chi connectivity index (χ2v) is 5.24. The number of nitrogens with one attached hydrogen (secondary N) is 2. The average Bonchev–Trinajstić information content (AvgIpc) is 2.64. The lowest BCUT2D eigenvalue weighted by atomic mass is 10.2. The summed E-state index contributed by atoms with van der Waals surface area (Å²) in [5, 5.41) is 0.529. The lowest BCUT2D eigenvalue weighted by Gasteiger charge is -2.10. The lowest BCUT2D eigenvalue weighted by molar-refractivity contribution is -0.128. The summed E-state index contributed by atoms with van der Waals surface area (Å²) in [6.45, 7) is -0.269. The number of hydrogen-bond acceptors (Lipinski definition) is 4. The van der Waals surface area contributed by atoms with Crippen LogP contribution < -0.4 is 20.3 Å². The van der Waals surface area contributed by atoms with E-state index < -0.39 is 11.8 Å². The molecule has 0 saturated carbocycles. The van der Waals surface area contributed by atoms with E-state index in [0.29, 0.717) is 22.1 Å². The smallest absolute Gasteiger partial charge is 0.276 e. The number of amides is 2. The fourth-order valence-corrected chi connectivity index (χ4v) is 2.06. The third-order valence-electron chi connectivity index (χ3n) is 3.07. The first kappa shape index (κ1) is 18.4. The SMILES string of the molecule is COc1ccccc1OCC(=O)NNC(=O)/C=C/c1ccccc1Cl. The van der Waals surface area contributed by atoms with Crippen LogP contribution in [0.3, 0.4) is 0 Å². The average molecular weight is 361 g/mol. The van der Waals surface area contributed by atoms with E-state index >= 15 is 0 Å². The maximum absolute atomic E-state index is 11.7. The molecule has 0 spiro atoms. The molecule has 0 unspecified atom stereocenters. The molecule has 130 valence electrons. The van der Waals surface area contributed by atoms with Crippen LogP contribution >= 0.6 is 11.6 Å². The number of methoxy groups -OCH3 is 1. The molecule has 7 heteroatoms. The normalized spacial score (nSPS) is 10.3. The molecule has 0 aromatic heterocycles. The van der Waals surface area contributed by atoms with Crippen molar-refractivity contribution in [2.24, 2.45) is 0 Å². The predicted molar refractivity (Wildman–Crippen MR) is 95.3 cm³/mol. The van der Waals surface area contributed by atoms with Crippen molar-refractivity contribution in [3.63, 3.8) is 0 Å². The van der Waals surface area contributed by atoms with E-state index in [2.05, 4.69) is 10.9 Å². The van der Waals surface area contributed by atoms with Gasteiger partial charge in [-0.3, -0.25) is 20.4 Å². The number of hydrogen-bond donors (Lipinski definition) is 2. The van der Waals surface area contributed by atoms with Crippen LogP contribution in [0.4, 0.5) is 0 Å². The highest BCUT2D eigenvalue weighted by Crippen LogP contribution is 2.25. The molecular weight excluding hydrogens is 344 g/mol. The molecule has 0 atom stereocenters. The van der Waals surface area contributed by atoms with Crippen molar-refractivity contribution in [1.29, 1.82) is 0 Å². The molecule has 2 aromatic rings. The first-order valence-corrected chi connectivity index (χ1v) is 7.75. The Bertz CT molecular complexity index is 777. The third-order valence-corrected chi connectivity index (χ3v) is 3.42. The van der Waals surface area contributed by atoms with Crippen LogP contribution in [0.15, 0.2) is 54.6 Å². The fraction of sp³-hybridized carbons (Fsp3) is 0.111. The molecule has 2 amide bonds. The Morgan fingerprint density at radius 1 is 1.04 bits per heavy atom. The van der Waals surface area contributed by atoms with Crippen LogP contribution in [0.5, 0.6) is 11.5 Å². The standard InChI is InChI=1S/C18H17ClN2O4/c1-24-15-8-4-5-9-16(15)25-12-18(23)21-20-17(22)11-10-13-6-2-3-7-14(13)19/h2-11H,12H2,1H3,(H,20,22)(H,21,23)/b11-10+. The Labute approximate surface area is 150 Å². The van der Waals surface area contributed by atoms with Gasteiger partial charge in [0, 0.05) is 11.1 Å². The maximum atomic E-state index is 11.7. The summed E-state index contributed by atoms with van der Waals surface area (Å²) in [4.78, 5) is 23.4. The summed E-state index contributed by atoms with van der Waals surface area (Å²) < 4.78 is 10.5. The number of carbonyl (C=O) groups is 2. The third kappa shape index (κ3) is 5.86. The predicted octanol–water partition coefficient (Wildman–Crippen LogP) is 2.59. The molecule has 6 nitrogen and oxygen atoms in total. The Hall–Kier alpha value is -2.99. The minimum Gasteiger partial charge on any atom is -0.493 e. The summed E-state index contributed by atoms with van der Waals surface area (Å²) in [6.07, 6.45) is 2.82. The molecule has 0 aliphatic rings. The highest BCUT2D eigenvalue weighted by atomic mass is 35.5. The number of halogens is 1. The van der Waals surface area contributed by atoms with E-state index in [1.54, 1.807) is 54.6 Å². The Kier molecular flexibility index (Phi) is 6.86. The Balaban J connectivity index is 1.78. The van der Waals surface area contributed by atoms with E-state index in [0.717, 1.165) is 0 Å². The van der Waals surface area contributed by atoms with Gasteiger partial charge in [0.05, 0.1) is 7.11 Å². The summed E-state index contributed by atoms with van der Waals surface area (Å²) in [6, 6.07) is 14.0. The van der Waals surface area contributed by atoms with Gasteiger partial charge < -0.3 is 9.47 Å². The van der Waals surface area contributed by atoms with Crippen LogP contribution in [0.25, 0.3) is 6.08 Å². The molecule has 2 N–H and O–H groups in total. The topological polar surface area (TPSA) is 76.7 Å². The molecule has 25 heavy (non-hydrogen) atoms. The van der Waals surface area contributed by atoms with Crippen LogP contribution in [-0.4, -0.2) is 25.5 Å². The monoisotopic (exact) mass is 360 g/mol. The van der Waals surface area contributed by atoms with Gasteiger partial charge in [-0.25, -0.2) is 0 Å². The van der Waals surface area contributed by atoms with Gasteiger partial charge in [0.15, 0.2) is 18.1 Å². The number of hydrazine groups is 1. The number of ether oxygens (including phenoxy) is 2. The molecule has 2 aromatic carbocycles. The van der Waals surface area contributed by atoms with Crippen LogP contribution in [-0.2, 0) is 9.59 Å². The highest BCUT2D eigenvalue weighted by molar-refractivity contribution is 6.32. The highest BCUT2D eigenvalue weighted by Gasteiger charge is 2.07. The van der Waals surface area contributed by atoms with Crippen molar-refractivity contribution >= 4 is 29.5 Å². The zero-order valence-corrected chi connectivity index (χ0v) is 14.2. The largest absolute Gasteiger partial charge is 0.493 e. The van der Waals surface area contributed by atoms with Crippen molar-refractivity contribution in [1.82, 2.24) is 10.9 Å². The van der Waals surface area contributed by atoms with E-state index in [1.165, 1.54) is 13.2 Å². The van der Waals surface area contributed by atoms with Gasteiger partial charge in [-0.1, -0.05) is 41.9 Å². The van der Waals surface area contributed by atoms with Crippen molar-refractivity contribution in [2.75, 3.05) is 13.7 Å². The van der Waals surface area contributed by atoms with Gasteiger partial charge in [0.25, 0.3) is 11.8 Å². The first-order chi connectivity index (χ1) is 12.1. The molecule has 0 radical (unpaired) electrons. The lowest BCUT2D eigenvalue weighted by Crippen LogP contribution is -2.43. The van der Waals surface area contributed by atoms with Crippen molar-refractivity contribution in [3.8, 4) is 11.5 Å². The number of para-hydroxylation sites is 2. The number of rotatable bonds is 6. The maximum Gasteiger partial charge on any atom is 0.276 e. The van der Waals surface area contributed by atoms with E-state index in [1.807, 2.05) is 0 Å². The Morgan fingerprint density at radius 3 is 2.44 bits per heavy atom. The quantitative estimate of drug-likeness (QED) is 0.613. The summed E-state index contributed by atoms with van der Waals surface area (Å²) in [5.41, 5.74) is 5.21. The molecule has 0 aliphatic heterocycles. The van der Waals surface area contributed by atoms with Crippen molar-refractivity contribution in [3.05, 3.63) is 65.2 Å². The van der Waals surface area contributed by atoms with E-state index in [4.69, 9.17) is 21.1 Å². The van der Waals surface area contributed by atoms with E-state index in [-0.39, 0.29) is 6.61 Å². The molecule has 2 rings (SSSR count). The summed E-state index contributed by atoms with van der Waals surface area (Å²) in [7, 11) is 1.51. The molecule has 0 heterocycles. The molecular formula is C18H17ClN2O4. The van der Waals surface area contributed by atoms with Crippen LogP contribution in [0.2, 0.25) is 5.02 Å². The van der Waals surface area contributed by atoms with Crippen LogP contribution in [0.1, 0.15) is 5.56 Å². The van der Waals surface area contributed by atoms with E-state index in [9.17, 15) is 9.59 Å². The molecule has 0 fully saturated rings. The zero-order valence-electron chi connectivity index (χ0n) is 13.5. The van der Waals surface area contributed by atoms with Gasteiger partial charge in [-0.15, -0.1) is 0 Å². The number of benzene rings is 2. The zero-order chi connectivity index (χ0) is 18.1. The summed E-state index contributed by atoms with van der Waals surface area (Å²) >= 11 is 5.98. The Morgan fingerprint density at radius 2 is 1.72 bits per heavy atom.